The minimum Gasteiger partial charge on any atom is -0.496 e. The number of terminal acetylenes is 1. The molecule has 1 saturated heterocycles. The Hall–Kier alpha value is -1.75. The number of benzene rings is 1. The second kappa shape index (κ2) is 17.7. The first kappa shape index (κ1) is 29.3. The Morgan fingerprint density at radius 1 is 1.36 bits per heavy atom. The van der Waals surface area contributed by atoms with Crippen LogP contribution in [0, 0.1) is 12.3 Å². The van der Waals surface area contributed by atoms with Crippen LogP contribution in [0.1, 0.15) is 50.8 Å². The molecule has 0 radical (unpaired) electrons. The first-order valence-electron chi connectivity index (χ1n) is 11.6. The van der Waals surface area contributed by atoms with Gasteiger partial charge in [0.15, 0.2) is 0 Å². The van der Waals surface area contributed by atoms with Crippen molar-refractivity contribution in [3.8, 4) is 18.1 Å². The molecule has 4 unspecified atom stereocenters. The molecule has 5 nitrogen and oxygen atoms in total. The molecule has 1 fully saturated rings. The molecule has 3 N–H and O–H groups in total. The van der Waals surface area contributed by atoms with Gasteiger partial charge in [0.2, 0.25) is 0 Å². The zero-order chi connectivity index (χ0) is 24.5. The molecular formula is C27H41NO4S. The van der Waals surface area contributed by atoms with Crippen LogP contribution < -0.4 is 10.1 Å². The number of aliphatic hydroxyl groups excluding tert-OH is 2. The molecule has 1 heterocycles. The van der Waals surface area contributed by atoms with E-state index in [2.05, 4.69) is 61.9 Å². The Bertz CT molecular complexity index is 759. The fourth-order valence-corrected chi connectivity index (χ4v) is 4.51. The van der Waals surface area contributed by atoms with E-state index in [0.29, 0.717) is 18.1 Å². The second-order valence-corrected chi connectivity index (χ2v) is 9.38. The van der Waals surface area contributed by atoms with Crippen LogP contribution in [-0.2, 0) is 11.2 Å². The smallest absolute Gasteiger partial charge is 0.122 e. The van der Waals surface area contributed by atoms with Gasteiger partial charge in [0, 0.05) is 36.9 Å². The molecule has 0 saturated carbocycles. The molecule has 0 amide bonds. The second-order valence-electron chi connectivity index (χ2n) is 7.90. The van der Waals surface area contributed by atoms with Gasteiger partial charge in [-0.05, 0) is 50.5 Å². The van der Waals surface area contributed by atoms with Crippen LogP contribution >= 0.6 is 11.8 Å². The summed E-state index contributed by atoms with van der Waals surface area (Å²) in [5, 5.41) is 23.5. The Morgan fingerprint density at radius 2 is 2.12 bits per heavy atom. The number of hydrogen-bond acceptors (Lipinski definition) is 6. The molecule has 6 heteroatoms. The highest BCUT2D eigenvalue weighted by molar-refractivity contribution is 8.00. The van der Waals surface area contributed by atoms with Gasteiger partial charge in [-0.25, -0.2) is 0 Å². The normalized spacial score (nSPS) is 21.4. The number of thioether (sulfide) groups is 1. The molecule has 0 aromatic heterocycles. The van der Waals surface area contributed by atoms with Crippen molar-refractivity contribution in [3.63, 3.8) is 0 Å². The highest BCUT2D eigenvalue weighted by atomic mass is 32.2. The average Bonchev–Trinajstić information content (AvgIpc) is 2.81. The Labute approximate surface area is 204 Å². The predicted octanol–water partition coefficient (Wildman–Crippen LogP) is 4.29. The van der Waals surface area contributed by atoms with Crippen molar-refractivity contribution in [3.05, 3.63) is 53.6 Å². The highest BCUT2D eigenvalue weighted by Gasteiger charge is 2.29. The van der Waals surface area contributed by atoms with Crippen molar-refractivity contribution in [2.45, 2.75) is 63.6 Å². The van der Waals surface area contributed by atoms with E-state index in [1.54, 1.807) is 14.0 Å². The summed E-state index contributed by atoms with van der Waals surface area (Å²) in [4.78, 5) is 0. The molecule has 2 rings (SSSR count). The maximum Gasteiger partial charge on any atom is 0.122 e. The SMILES string of the molecule is C#CC.C/C=C\C(C)SCCNC/C=C/Cc1cc(C2CC(O)CC(CO)O2)ccc1OC. The van der Waals surface area contributed by atoms with E-state index in [-0.39, 0.29) is 18.8 Å². The molecule has 33 heavy (non-hydrogen) atoms. The number of allylic oxidation sites excluding steroid dienone is 2. The van der Waals surface area contributed by atoms with Crippen molar-refractivity contribution in [1.29, 1.82) is 0 Å². The maximum absolute atomic E-state index is 10.1. The minimum absolute atomic E-state index is 0.0704. The zero-order valence-corrected chi connectivity index (χ0v) is 21.3. The number of hydrogen-bond donors (Lipinski definition) is 3. The molecule has 1 aliphatic rings. The van der Waals surface area contributed by atoms with Crippen LogP contribution in [0.3, 0.4) is 0 Å². The standard InChI is InChI=1S/C24H37NO4S.C3H4/c1-4-7-18(2)30-13-12-25-11-6-5-8-19-14-20(9-10-23(19)28-3)24-16-21(27)15-22(17-26)29-24;1-3-2/h4-7,9-10,14,18,21-22,24-27H,8,11-13,15-17H2,1-3H3;1H,2H3/b6-5+,7-4-;. The molecule has 1 aliphatic heterocycles. The quantitative estimate of drug-likeness (QED) is 0.238. The summed E-state index contributed by atoms with van der Waals surface area (Å²) in [7, 11) is 1.68. The third-order valence-electron chi connectivity index (χ3n) is 5.15. The fourth-order valence-electron chi connectivity index (χ4n) is 3.60. The Morgan fingerprint density at radius 3 is 2.79 bits per heavy atom. The molecule has 1 aromatic carbocycles. The summed E-state index contributed by atoms with van der Waals surface area (Å²) < 4.78 is 11.5. The van der Waals surface area contributed by atoms with Crippen molar-refractivity contribution in [2.24, 2.45) is 0 Å². The lowest BCUT2D eigenvalue weighted by Crippen LogP contribution is -2.33. The molecule has 0 aliphatic carbocycles. The molecule has 184 valence electrons. The van der Waals surface area contributed by atoms with E-state index >= 15 is 0 Å². The molecule has 1 aromatic rings. The molecule has 0 bridgehead atoms. The Kier molecular flexibility index (Phi) is 15.7. The summed E-state index contributed by atoms with van der Waals surface area (Å²) >= 11 is 1.95. The Balaban J connectivity index is 0.00000172. The van der Waals surface area contributed by atoms with Gasteiger partial charge in [0.25, 0.3) is 0 Å². The van der Waals surface area contributed by atoms with Crippen LogP contribution in [0.5, 0.6) is 5.75 Å². The van der Waals surface area contributed by atoms with E-state index in [1.165, 1.54) is 0 Å². The van der Waals surface area contributed by atoms with Crippen LogP contribution in [-0.4, -0.2) is 60.2 Å². The van der Waals surface area contributed by atoms with E-state index in [9.17, 15) is 10.2 Å². The lowest BCUT2D eigenvalue weighted by Gasteiger charge is -2.32. The number of rotatable bonds is 12. The van der Waals surface area contributed by atoms with Gasteiger partial charge >= 0.3 is 0 Å². The van der Waals surface area contributed by atoms with Crippen LogP contribution in [0.25, 0.3) is 0 Å². The van der Waals surface area contributed by atoms with Gasteiger partial charge in [0.05, 0.1) is 32.0 Å². The highest BCUT2D eigenvalue weighted by Crippen LogP contribution is 2.33. The van der Waals surface area contributed by atoms with Gasteiger partial charge in [-0.15, -0.1) is 12.3 Å². The predicted molar refractivity (Wildman–Crippen MR) is 140 cm³/mol. The summed E-state index contributed by atoms with van der Waals surface area (Å²) in [5.74, 6) is 4.19. The van der Waals surface area contributed by atoms with Crippen molar-refractivity contribution in [1.82, 2.24) is 5.32 Å². The molecular weight excluding hydrogens is 434 g/mol. The first-order chi connectivity index (χ1) is 16.0. The van der Waals surface area contributed by atoms with E-state index in [1.807, 2.05) is 23.9 Å². The number of nitrogens with one attached hydrogen (secondary N) is 1. The lowest BCUT2D eigenvalue weighted by atomic mass is 9.94. The topological polar surface area (TPSA) is 71.0 Å². The fraction of sp³-hybridized carbons (Fsp3) is 0.556. The third-order valence-corrected chi connectivity index (χ3v) is 6.27. The number of ether oxygens (including phenoxy) is 2. The molecule has 4 atom stereocenters. The van der Waals surface area contributed by atoms with E-state index < -0.39 is 6.10 Å². The van der Waals surface area contributed by atoms with Crippen LogP contribution in [0.4, 0.5) is 0 Å². The monoisotopic (exact) mass is 475 g/mol. The van der Waals surface area contributed by atoms with Gasteiger partial charge in [-0.1, -0.05) is 30.4 Å². The zero-order valence-electron chi connectivity index (χ0n) is 20.5. The average molecular weight is 476 g/mol. The van der Waals surface area contributed by atoms with Crippen molar-refractivity contribution in [2.75, 3.05) is 32.6 Å². The minimum atomic E-state index is -0.448. The van der Waals surface area contributed by atoms with Crippen LogP contribution in [0.2, 0.25) is 0 Å². The largest absolute Gasteiger partial charge is 0.496 e. The summed E-state index contributed by atoms with van der Waals surface area (Å²) in [5.41, 5.74) is 2.10. The number of methoxy groups -OCH3 is 1. The van der Waals surface area contributed by atoms with Crippen molar-refractivity contribution < 1.29 is 19.7 Å². The first-order valence-corrected chi connectivity index (χ1v) is 12.6. The summed E-state index contributed by atoms with van der Waals surface area (Å²) in [6.45, 7) is 7.69. The van der Waals surface area contributed by atoms with Gasteiger partial charge in [-0.2, -0.15) is 11.8 Å². The van der Waals surface area contributed by atoms with E-state index in [0.717, 1.165) is 42.1 Å². The van der Waals surface area contributed by atoms with Gasteiger partial charge < -0.3 is 25.0 Å². The third kappa shape index (κ3) is 11.8. The number of aliphatic hydroxyl groups is 2. The maximum atomic E-state index is 10.1. The van der Waals surface area contributed by atoms with Crippen LogP contribution in [0.15, 0.2) is 42.5 Å². The van der Waals surface area contributed by atoms with E-state index in [4.69, 9.17) is 9.47 Å². The summed E-state index contributed by atoms with van der Waals surface area (Å²) in [6, 6.07) is 6.03. The summed E-state index contributed by atoms with van der Waals surface area (Å²) in [6.07, 6.45) is 14.1. The molecule has 0 spiro atoms. The van der Waals surface area contributed by atoms with Crippen molar-refractivity contribution >= 4 is 11.8 Å². The van der Waals surface area contributed by atoms with Gasteiger partial charge in [0.1, 0.15) is 5.75 Å². The van der Waals surface area contributed by atoms with Gasteiger partial charge in [-0.3, -0.25) is 0 Å². The lowest BCUT2D eigenvalue weighted by molar-refractivity contribution is -0.113.